The molecule has 0 saturated carbocycles. The van der Waals surface area contributed by atoms with E-state index in [-0.39, 0.29) is 6.61 Å². The maximum Gasteiger partial charge on any atom is 0.0948 e. The monoisotopic (exact) mass is 251 g/mol. The quantitative estimate of drug-likeness (QED) is 0.870. The highest BCUT2D eigenvalue weighted by Gasteiger charge is 2.21. The largest absolute Gasteiger partial charge is 0.395 e. The zero-order valence-corrected chi connectivity index (χ0v) is 11.4. The van der Waals surface area contributed by atoms with Gasteiger partial charge in [0.15, 0.2) is 0 Å². The van der Waals surface area contributed by atoms with Crippen molar-refractivity contribution in [3.63, 3.8) is 0 Å². The predicted molar refractivity (Wildman–Crippen MR) is 72.3 cm³/mol. The molecule has 102 valence electrons. The summed E-state index contributed by atoms with van der Waals surface area (Å²) in [4.78, 5) is 6.68. The molecule has 1 aliphatic heterocycles. The van der Waals surface area contributed by atoms with Gasteiger partial charge in [-0.1, -0.05) is 19.8 Å². The van der Waals surface area contributed by atoms with Crippen LogP contribution >= 0.6 is 0 Å². The summed E-state index contributed by atoms with van der Waals surface area (Å²) in [6.45, 7) is 5.52. The number of aryl methyl sites for hydroxylation is 1. The Balaban J connectivity index is 2.03. The van der Waals surface area contributed by atoms with E-state index in [2.05, 4.69) is 21.4 Å². The highest BCUT2D eigenvalue weighted by atomic mass is 16.3. The van der Waals surface area contributed by atoms with Crippen molar-refractivity contribution in [1.82, 2.24) is 14.5 Å². The minimum Gasteiger partial charge on any atom is -0.395 e. The second-order valence-corrected chi connectivity index (χ2v) is 5.23. The van der Waals surface area contributed by atoms with Crippen LogP contribution in [0.15, 0.2) is 12.5 Å². The second kappa shape index (κ2) is 6.90. The highest BCUT2D eigenvalue weighted by molar-refractivity contribution is 4.99. The number of hydrogen-bond donors (Lipinski definition) is 1. The number of imidazole rings is 1. The molecule has 1 saturated heterocycles. The van der Waals surface area contributed by atoms with Gasteiger partial charge in [-0.2, -0.15) is 0 Å². The average molecular weight is 251 g/mol. The second-order valence-electron chi connectivity index (χ2n) is 5.23. The van der Waals surface area contributed by atoms with Crippen molar-refractivity contribution < 1.29 is 5.11 Å². The Labute approximate surface area is 110 Å². The number of nitrogens with zero attached hydrogens (tertiary/aromatic N) is 3. The SMILES string of the molecule is CCCn1cncc1CN1CCCCCC1CO. The van der Waals surface area contributed by atoms with E-state index < -0.39 is 0 Å². The number of aliphatic hydroxyl groups is 1. The minimum atomic E-state index is 0.280. The van der Waals surface area contributed by atoms with Crippen LogP contribution in [0.4, 0.5) is 0 Å². The summed E-state index contributed by atoms with van der Waals surface area (Å²) in [6, 6.07) is 0.331. The Morgan fingerprint density at radius 3 is 3.06 bits per heavy atom. The van der Waals surface area contributed by atoms with Gasteiger partial charge in [0.25, 0.3) is 0 Å². The van der Waals surface area contributed by atoms with Gasteiger partial charge in [0, 0.05) is 25.3 Å². The fraction of sp³-hybridized carbons (Fsp3) is 0.786. The molecule has 1 N–H and O–H groups in total. The van der Waals surface area contributed by atoms with Crippen LogP contribution in [0.5, 0.6) is 0 Å². The van der Waals surface area contributed by atoms with E-state index in [0.717, 1.165) is 32.5 Å². The van der Waals surface area contributed by atoms with E-state index in [9.17, 15) is 5.11 Å². The molecule has 1 aromatic heterocycles. The van der Waals surface area contributed by atoms with E-state index in [0.29, 0.717) is 6.04 Å². The van der Waals surface area contributed by atoms with Crippen molar-refractivity contribution in [2.45, 2.75) is 58.2 Å². The molecule has 0 radical (unpaired) electrons. The van der Waals surface area contributed by atoms with Gasteiger partial charge in [-0.25, -0.2) is 4.98 Å². The van der Waals surface area contributed by atoms with Gasteiger partial charge in [0.1, 0.15) is 0 Å². The molecule has 18 heavy (non-hydrogen) atoms. The van der Waals surface area contributed by atoms with Crippen LogP contribution in [0.2, 0.25) is 0 Å². The Bertz CT molecular complexity index is 351. The highest BCUT2D eigenvalue weighted by Crippen LogP contribution is 2.19. The number of rotatable bonds is 5. The zero-order valence-electron chi connectivity index (χ0n) is 11.4. The summed E-state index contributed by atoms with van der Waals surface area (Å²) in [5.41, 5.74) is 1.28. The fourth-order valence-corrected chi connectivity index (χ4v) is 2.78. The maximum absolute atomic E-state index is 9.52. The lowest BCUT2D eigenvalue weighted by Crippen LogP contribution is -2.37. The van der Waals surface area contributed by atoms with E-state index in [1.807, 2.05) is 12.5 Å². The third-order valence-electron chi connectivity index (χ3n) is 3.84. The summed E-state index contributed by atoms with van der Waals surface area (Å²) in [5, 5.41) is 9.52. The molecule has 0 aromatic carbocycles. The fourth-order valence-electron chi connectivity index (χ4n) is 2.78. The Morgan fingerprint density at radius 1 is 1.39 bits per heavy atom. The van der Waals surface area contributed by atoms with Gasteiger partial charge in [-0.05, 0) is 25.8 Å². The number of aliphatic hydroxyl groups excluding tert-OH is 1. The normalized spacial score (nSPS) is 22.0. The first kappa shape index (κ1) is 13.6. The van der Waals surface area contributed by atoms with E-state index in [1.165, 1.54) is 25.0 Å². The van der Waals surface area contributed by atoms with Crippen molar-refractivity contribution in [3.05, 3.63) is 18.2 Å². The van der Waals surface area contributed by atoms with E-state index in [1.54, 1.807) is 0 Å². The molecule has 0 spiro atoms. The molecule has 0 amide bonds. The third-order valence-corrected chi connectivity index (χ3v) is 3.84. The van der Waals surface area contributed by atoms with Crippen LogP contribution in [0, 0.1) is 0 Å². The molecule has 1 atom stereocenters. The molecule has 1 unspecified atom stereocenters. The molecule has 0 aliphatic carbocycles. The average Bonchev–Trinajstić information content (AvgIpc) is 2.68. The smallest absolute Gasteiger partial charge is 0.0948 e. The summed E-state index contributed by atoms with van der Waals surface area (Å²) in [6.07, 6.45) is 9.93. The predicted octanol–water partition coefficient (Wildman–Crippen LogP) is 2.03. The van der Waals surface area contributed by atoms with Crippen molar-refractivity contribution in [2.75, 3.05) is 13.2 Å². The summed E-state index contributed by atoms with van der Waals surface area (Å²) in [7, 11) is 0. The lowest BCUT2D eigenvalue weighted by molar-refractivity contribution is 0.116. The summed E-state index contributed by atoms with van der Waals surface area (Å²) >= 11 is 0. The van der Waals surface area contributed by atoms with Crippen molar-refractivity contribution >= 4 is 0 Å². The molecular weight excluding hydrogens is 226 g/mol. The van der Waals surface area contributed by atoms with Gasteiger partial charge < -0.3 is 9.67 Å². The van der Waals surface area contributed by atoms with Crippen LogP contribution in [0.3, 0.4) is 0 Å². The van der Waals surface area contributed by atoms with Crippen molar-refractivity contribution in [1.29, 1.82) is 0 Å². The molecule has 1 aliphatic rings. The van der Waals surface area contributed by atoms with Gasteiger partial charge in [0.2, 0.25) is 0 Å². The van der Waals surface area contributed by atoms with Crippen LogP contribution < -0.4 is 0 Å². The number of aromatic nitrogens is 2. The van der Waals surface area contributed by atoms with Crippen LogP contribution in [0.1, 0.15) is 44.7 Å². The van der Waals surface area contributed by atoms with Crippen molar-refractivity contribution in [2.24, 2.45) is 0 Å². The first-order valence-electron chi connectivity index (χ1n) is 7.19. The first-order valence-corrected chi connectivity index (χ1v) is 7.19. The van der Waals surface area contributed by atoms with Crippen LogP contribution in [0.25, 0.3) is 0 Å². The molecule has 2 heterocycles. The summed E-state index contributed by atoms with van der Waals surface area (Å²) in [5.74, 6) is 0. The zero-order chi connectivity index (χ0) is 12.8. The topological polar surface area (TPSA) is 41.3 Å². The molecule has 1 fully saturated rings. The minimum absolute atomic E-state index is 0.280. The van der Waals surface area contributed by atoms with Gasteiger partial charge in [0.05, 0.1) is 18.6 Å². The van der Waals surface area contributed by atoms with Gasteiger partial charge in [-0.15, -0.1) is 0 Å². The maximum atomic E-state index is 9.52. The molecule has 0 bridgehead atoms. The Hall–Kier alpha value is -0.870. The van der Waals surface area contributed by atoms with Crippen LogP contribution in [-0.2, 0) is 13.1 Å². The number of hydrogen-bond acceptors (Lipinski definition) is 3. The van der Waals surface area contributed by atoms with E-state index >= 15 is 0 Å². The Morgan fingerprint density at radius 2 is 2.28 bits per heavy atom. The van der Waals surface area contributed by atoms with Crippen LogP contribution in [-0.4, -0.2) is 38.8 Å². The van der Waals surface area contributed by atoms with Gasteiger partial charge >= 0.3 is 0 Å². The summed E-state index contributed by atoms with van der Waals surface area (Å²) < 4.78 is 2.24. The molecule has 2 rings (SSSR count). The Kier molecular flexibility index (Phi) is 5.20. The lowest BCUT2D eigenvalue weighted by atomic mass is 10.1. The first-order chi connectivity index (χ1) is 8.85. The van der Waals surface area contributed by atoms with Gasteiger partial charge in [-0.3, -0.25) is 4.90 Å². The molecule has 1 aromatic rings. The molecular formula is C14H25N3O. The molecule has 4 nitrogen and oxygen atoms in total. The standard InChI is InChI=1S/C14H25N3O/c1-2-7-17-12-15-9-14(17)10-16-8-5-3-4-6-13(16)11-18/h9,12-13,18H,2-8,10-11H2,1H3. The van der Waals surface area contributed by atoms with E-state index in [4.69, 9.17) is 0 Å². The molecule has 4 heteroatoms. The third kappa shape index (κ3) is 3.33. The number of likely N-dealkylation sites (tertiary alicyclic amines) is 1. The van der Waals surface area contributed by atoms with Crippen molar-refractivity contribution in [3.8, 4) is 0 Å². The lowest BCUT2D eigenvalue weighted by Gasteiger charge is -2.28.